The second-order valence-electron chi connectivity index (χ2n) is 5.57. The predicted molar refractivity (Wildman–Crippen MR) is 94.3 cm³/mol. The average Bonchev–Trinajstić information content (AvgIpc) is 2.55. The Balaban J connectivity index is 2.41. The van der Waals surface area contributed by atoms with Crippen LogP contribution in [0.3, 0.4) is 0 Å². The number of benzene rings is 1. The van der Waals surface area contributed by atoms with Crippen LogP contribution in [0.1, 0.15) is 33.6 Å². The van der Waals surface area contributed by atoms with E-state index < -0.39 is 5.63 Å². The summed E-state index contributed by atoms with van der Waals surface area (Å²) in [6.07, 6.45) is 5.72. The summed E-state index contributed by atoms with van der Waals surface area (Å²) >= 11 is 0. The van der Waals surface area contributed by atoms with Crippen molar-refractivity contribution >= 4 is 11.0 Å². The van der Waals surface area contributed by atoms with E-state index in [1.54, 1.807) is 6.07 Å². The van der Waals surface area contributed by atoms with Gasteiger partial charge < -0.3 is 18.6 Å². The highest BCUT2D eigenvalue weighted by atomic mass is 16.5. The van der Waals surface area contributed by atoms with Gasteiger partial charge in [-0.3, -0.25) is 0 Å². The number of allylic oxidation sites excluding steroid dienone is 1. The molecule has 5 nitrogen and oxygen atoms in total. The van der Waals surface area contributed by atoms with Gasteiger partial charge in [0.15, 0.2) is 17.1 Å². The molecule has 0 aliphatic rings. The maximum Gasteiger partial charge on any atom is 0.383 e. The zero-order valence-corrected chi connectivity index (χ0v) is 14.6. The van der Waals surface area contributed by atoms with Gasteiger partial charge in [0.05, 0.1) is 25.2 Å². The maximum atomic E-state index is 12.3. The molecule has 0 aliphatic heterocycles. The molecule has 1 aromatic heterocycles. The Morgan fingerprint density at radius 3 is 2.67 bits per heavy atom. The molecule has 0 saturated heterocycles. The van der Waals surface area contributed by atoms with E-state index in [0.717, 1.165) is 6.42 Å². The molecule has 0 fully saturated rings. The molecule has 0 radical (unpaired) electrons. The second kappa shape index (κ2) is 8.43. The van der Waals surface area contributed by atoms with Crippen LogP contribution in [-0.4, -0.2) is 19.8 Å². The molecule has 0 N–H and O–H groups in total. The van der Waals surface area contributed by atoms with Crippen molar-refractivity contribution in [3.8, 4) is 17.2 Å². The van der Waals surface area contributed by atoms with Gasteiger partial charge in [0.1, 0.15) is 0 Å². The summed E-state index contributed by atoms with van der Waals surface area (Å²) in [7, 11) is 1.51. The van der Waals surface area contributed by atoms with Crippen LogP contribution in [0, 0.1) is 0 Å². The Hall–Kier alpha value is -2.43. The number of hydrogen-bond acceptors (Lipinski definition) is 5. The first-order valence-corrected chi connectivity index (χ1v) is 8.16. The molecule has 24 heavy (non-hydrogen) atoms. The number of fused-ring (bicyclic) bond motifs is 1. The quantitative estimate of drug-likeness (QED) is 0.409. The molecule has 2 aromatic rings. The molecule has 0 saturated carbocycles. The topological polar surface area (TPSA) is 57.9 Å². The summed E-state index contributed by atoms with van der Waals surface area (Å²) in [4.78, 5) is 12.3. The molecule has 130 valence electrons. The lowest BCUT2D eigenvalue weighted by atomic mass is 10.2. The van der Waals surface area contributed by atoms with Crippen molar-refractivity contribution in [1.82, 2.24) is 0 Å². The normalized spacial score (nSPS) is 11.4. The van der Waals surface area contributed by atoms with E-state index in [1.807, 2.05) is 32.1 Å². The third-order valence-electron chi connectivity index (χ3n) is 3.31. The molecule has 2 rings (SSSR count). The third-order valence-corrected chi connectivity index (χ3v) is 3.31. The minimum atomic E-state index is -0.571. The lowest BCUT2D eigenvalue weighted by Crippen LogP contribution is -2.11. The van der Waals surface area contributed by atoms with E-state index in [0.29, 0.717) is 35.5 Å². The van der Waals surface area contributed by atoms with Gasteiger partial charge >= 0.3 is 5.63 Å². The minimum Gasteiger partial charge on any atom is -0.492 e. The molecular weight excluding hydrogens is 308 g/mol. The van der Waals surface area contributed by atoms with Gasteiger partial charge in [-0.2, -0.15) is 0 Å². The van der Waals surface area contributed by atoms with Crippen LogP contribution in [0.2, 0.25) is 0 Å². The maximum absolute atomic E-state index is 12.3. The Morgan fingerprint density at radius 1 is 1.21 bits per heavy atom. The lowest BCUT2D eigenvalue weighted by Gasteiger charge is -2.14. The highest BCUT2D eigenvalue weighted by Gasteiger charge is 2.19. The fraction of sp³-hybridized carbons (Fsp3) is 0.421. The van der Waals surface area contributed by atoms with Crippen LogP contribution in [-0.2, 0) is 0 Å². The van der Waals surface area contributed by atoms with Crippen molar-refractivity contribution in [2.24, 2.45) is 0 Å². The SMILES string of the molecule is CC/C=C/CCOc1c(OC)c2cccc(OC(C)C)c2oc1=O. The van der Waals surface area contributed by atoms with Crippen LogP contribution < -0.4 is 19.8 Å². The number of rotatable bonds is 8. The van der Waals surface area contributed by atoms with Crippen molar-refractivity contribution in [2.75, 3.05) is 13.7 Å². The zero-order valence-electron chi connectivity index (χ0n) is 14.6. The zero-order chi connectivity index (χ0) is 17.5. The van der Waals surface area contributed by atoms with Gasteiger partial charge in [-0.1, -0.05) is 25.1 Å². The van der Waals surface area contributed by atoms with Crippen molar-refractivity contribution in [3.63, 3.8) is 0 Å². The van der Waals surface area contributed by atoms with Gasteiger partial charge in [0.25, 0.3) is 0 Å². The number of para-hydroxylation sites is 1. The molecule has 0 atom stereocenters. The fourth-order valence-electron chi connectivity index (χ4n) is 2.34. The van der Waals surface area contributed by atoms with Crippen molar-refractivity contribution in [2.45, 2.75) is 39.7 Å². The van der Waals surface area contributed by atoms with E-state index in [9.17, 15) is 4.79 Å². The number of methoxy groups -OCH3 is 1. The van der Waals surface area contributed by atoms with E-state index >= 15 is 0 Å². The van der Waals surface area contributed by atoms with Crippen LogP contribution in [0.4, 0.5) is 0 Å². The smallest absolute Gasteiger partial charge is 0.383 e. The highest BCUT2D eigenvalue weighted by molar-refractivity contribution is 5.89. The van der Waals surface area contributed by atoms with Crippen molar-refractivity contribution in [1.29, 1.82) is 0 Å². The van der Waals surface area contributed by atoms with E-state index in [2.05, 4.69) is 13.0 Å². The minimum absolute atomic E-state index is 0.0341. The molecule has 0 spiro atoms. The molecule has 5 heteroatoms. The fourth-order valence-corrected chi connectivity index (χ4v) is 2.34. The van der Waals surface area contributed by atoms with E-state index in [4.69, 9.17) is 18.6 Å². The summed E-state index contributed by atoms with van der Waals surface area (Å²) in [5, 5.41) is 0.648. The molecule has 1 aromatic carbocycles. The van der Waals surface area contributed by atoms with Gasteiger partial charge in [-0.25, -0.2) is 4.79 Å². The largest absolute Gasteiger partial charge is 0.492 e. The van der Waals surface area contributed by atoms with Crippen LogP contribution >= 0.6 is 0 Å². The van der Waals surface area contributed by atoms with Gasteiger partial charge in [0.2, 0.25) is 5.75 Å². The molecule has 0 aliphatic carbocycles. The van der Waals surface area contributed by atoms with Crippen LogP contribution in [0.25, 0.3) is 11.0 Å². The third kappa shape index (κ3) is 4.10. The number of ether oxygens (including phenoxy) is 3. The number of hydrogen-bond donors (Lipinski definition) is 0. The predicted octanol–water partition coefficient (Wildman–Crippen LogP) is 4.32. The summed E-state index contributed by atoms with van der Waals surface area (Å²) in [6, 6.07) is 5.41. The molecular formula is C19H24O5. The highest BCUT2D eigenvalue weighted by Crippen LogP contribution is 2.36. The van der Waals surface area contributed by atoms with Crippen molar-refractivity contribution < 1.29 is 18.6 Å². The first-order valence-electron chi connectivity index (χ1n) is 8.16. The Morgan fingerprint density at radius 2 is 2.00 bits per heavy atom. The first kappa shape index (κ1) is 17.9. The molecule has 1 heterocycles. The van der Waals surface area contributed by atoms with E-state index in [-0.39, 0.29) is 11.9 Å². The summed E-state index contributed by atoms with van der Waals surface area (Å²) in [5.41, 5.74) is -0.204. The standard InChI is InChI=1S/C19H24O5/c1-5-6-7-8-12-22-18-17(21-4)14-10-9-11-15(23-13(2)3)16(14)24-19(18)20/h6-7,9-11,13H,5,8,12H2,1-4H3/b7-6+. The monoisotopic (exact) mass is 332 g/mol. The molecule has 0 bridgehead atoms. The van der Waals surface area contributed by atoms with Gasteiger partial charge in [0, 0.05) is 0 Å². The molecule has 0 unspecified atom stereocenters. The van der Waals surface area contributed by atoms with E-state index in [1.165, 1.54) is 7.11 Å². The Kier molecular flexibility index (Phi) is 6.29. The summed E-state index contributed by atoms with van der Waals surface area (Å²) in [5.74, 6) is 0.974. The lowest BCUT2D eigenvalue weighted by molar-refractivity contribution is 0.240. The van der Waals surface area contributed by atoms with Crippen LogP contribution in [0.5, 0.6) is 17.2 Å². The van der Waals surface area contributed by atoms with Gasteiger partial charge in [-0.05, 0) is 38.8 Å². The summed E-state index contributed by atoms with van der Waals surface area (Å²) in [6.45, 7) is 6.27. The Bertz CT molecular complexity index is 758. The van der Waals surface area contributed by atoms with Crippen LogP contribution in [0.15, 0.2) is 39.6 Å². The first-order chi connectivity index (χ1) is 11.6. The Labute approximate surface area is 141 Å². The van der Waals surface area contributed by atoms with Crippen molar-refractivity contribution in [3.05, 3.63) is 40.8 Å². The summed E-state index contributed by atoms with van der Waals surface area (Å²) < 4.78 is 22.2. The molecule has 0 amide bonds. The van der Waals surface area contributed by atoms with Gasteiger partial charge in [-0.15, -0.1) is 0 Å². The average molecular weight is 332 g/mol. The second-order valence-corrected chi connectivity index (χ2v) is 5.57.